The lowest BCUT2D eigenvalue weighted by Gasteiger charge is -2.08. The molecule has 1 N–H and O–H groups in total. The van der Waals surface area contributed by atoms with E-state index in [9.17, 15) is 4.79 Å². The van der Waals surface area contributed by atoms with Gasteiger partial charge in [0.15, 0.2) is 5.58 Å². The van der Waals surface area contributed by atoms with Crippen molar-refractivity contribution in [2.24, 2.45) is 7.05 Å². The zero-order valence-corrected chi connectivity index (χ0v) is 12.5. The number of nitrogens with one attached hydrogen (secondary N) is 1. The molecule has 1 aliphatic carbocycles. The summed E-state index contributed by atoms with van der Waals surface area (Å²) in [6.07, 6.45) is 2.34. The van der Waals surface area contributed by atoms with Gasteiger partial charge < -0.3 is 9.73 Å². The minimum atomic E-state index is -0.360. The van der Waals surface area contributed by atoms with Gasteiger partial charge in [-0.05, 0) is 31.9 Å². The number of fused-ring (bicyclic) bond motifs is 1. The van der Waals surface area contributed by atoms with Gasteiger partial charge in [0.25, 0.3) is 0 Å². The zero-order chi connectivity index (χ0) is 15.3. The fourth-order valence-corrected chi connectivity index (χ4v) is 2.54. The zero-order valence-electron chi connectivity index (χ0n) is 12.5. The minimum absolute atomic E-state index is 0.360. The van der Waals surface area contributed by atoms with Crippen LogP contribution in [-0.2, 0) is 7.05 Å². The molecule has 0 atom stereocenters. The van der Waals surface area contributed by atoms with Crippen molar-refractivity contribution in [2.75, 3.05) is 5.32 Å². The van der Waals surface area contributed by atoms with Crippen LogP contribution in [0.25, 0.3) is 11.1 Å². The molecule has 6 nitrogen and oxygen atoms in total. The molecule has 1 saturated carbocycles. The fraction of sp³-hybridized carbons (Fsp3) is 0.312. The highest BCUT2D eigenvalue weighted by Gasteiger charge is 2.27. The molecule has 22 heavy (non-hydrogen) atoms. The van der Waals surface area contributed by atoms with Crippen LogP contribution in [0.15, 0.2) is 33.5 Å². The Hall–Kier alpha value is -2.63. The van der Waals surface area contributed by atoms with E-state index in [0.717, 1.165) is 28.5 Å². The summed E-state index contributed by atoms with van der Waals surface area (Å²) in [4.78, 5) is 20.6. The summed E-state index contributed by atoms with van der Waals surface area (Å²) >= 11 is 0. The number of oxazole rings is 1. The first-order valence-corrected chi connectivity index (χ1v) is 7.32. The van der Waals surface area contributed by atoms with Gasteiger partial charge in [0.1, 0.15) is 11.6 Å². The van der Waals surface area contributed by atoms with Gasteiger partial charge in [-0.3, -0.25) is 4.57 Å². The molecule has 3 aromatic rings. The summed E-state index contributed by atoms with van der Waals surface area (Å²) in [5, 5.41) is 3.27. The van der Waals surface area contributed by atoms with E-state index in [1.165, 1.54) is 17.4 Å². The number of benzene rings is 1. The summed E-state index contributed by atoms with van der Waals surface area (Å²) in [5.74, 6) is 1.83. The Balaban J connectivity index is 1.69. The van der Waals surface area contributed by atoms with Crippen LogP contribution in [-0.4, -0.2) is 14.5 Å². The van der Waals surface area contributed by atoms with Crippen LogP contribution >= 0.6 is 0 Å². The number of anilines is 2. The first kappa shape index (κ1) is 13.1. The van der Waals surface area contributed by atoms with Crippen molar-refractivity contribution in [2.45, 2.75) is 25.7 Å². The molecule has 6 heteroatoms. The maximum Gasteiger partial charge on any atom is 0.419 e. The third-order valence-electron chi connectivity index (χ3n) is 3.88. The standard InChI is InChI=1S/C16H16N4O2/c1-9-7-14(19-15(17-9)10-3-4-10)18-11-5-6-12-13(8-11)22-16(21)20(12)2/h5-8,10H,3-4H2,1-2H3,(H,17,18,19). The number of rotatable bonds is 3. The lowest BCUT2D eigenvalue weighted by molar-refractivity contribution is 0.528. The Morgan fingerprint density at radius 3 is 2.86 bits per heavy atom. The second kappa shape index (κ2) is 4.69. The van der Waals surface area contributed by atoms with Crippen LogP contribution in [0.2, 0.25) is 0 Å². The molecule has 2 heterocycles. The van der Waals surface area contributed by atoms with Crippen LogP contribution in [0.3, 0.4) is 0 Å². The molecule has 4 rings (SSSR count). The number of hydrogen-bond donors (Lipinski definition) is 1. The van der Waals surface area contributed by atoms with Gasteiger partial charge in [-0.25, -0.2) is 14.8 Å². The quantitative estimate of drug-likeness (QED) is 0.804. The number of aryl methyl sites for hydroxylation is 2. The van der Waals surface area contributed by atoms with Gasteiger partial charge in [0.2, 0.25) is 0 Å². The van der Waals surface area contributed by atoms with Crippen molar-refractivity contribution < 1.29 is 4.42 Å². The monoisotopic (exact) mass is 296 g/mol. The van der Waals surface area contributed by atoms with E-state index in [4.69, 9.17) is 4.42 Å². The molecule has 0 amide bonds. The molecule has 0 saturated heterocycles. The molecule has 0 bridgehead atoms. The molecular weight excluding hydrogens is 280 g/mol. The predicted molar refractivity (Wildman–Crippen MR) is 83.5 cm³/mol. The third-order valence-corrected chi connectivity index (χ3v) is 3.88. The van der Waals surface area contributed by atoms with Gasteiger partial charge >= 0.3 is 5.76 Å². The van der Waals surface area contributed by atoms with Crippen LogP contribution < -0.4 is 11.1 Å². The Morgan fingerprint density at radius 1 is 1.27 bits per heavy atom. The van der Waals surface area contributed by atoms with Gasteiger partial charge in [-0.2, -0.15) is 0 Å². The predicted octanol–water partition coefficient (Wildman–Crippen LogP) is 2.85. The Kier molecular flexibility index (Phi) is 2.79. The average molecular weight is 296 g/mol. The minimum Gasteiger partial charge on any atom is -0.408 e. The van der Waals surface area contributed by atoms with Crippen LogP contribution in [0.4, 0.5) is 11.5 Å². The maximum absolute atomic E-state index is 11.5. The summed E-state index contributed by atoms with van der Waals surface area (Å²) in [7, 11) is 1.69. The van der Waals surface area contributed by atoms with Gasteiger partial charge in [-0.1, -0.05) is 0 Å². The van der Waals surface area contributed by atoms with E-state index in [-0.39, 0.29) is 5.76 Å². The van der Waals surface area contributed by atoms with Gasteiger partial charge in [-0.15, -0.1) is 0 Å². The van der Waals surface area contributed by atoms with Crippen molar-refractivity contribution in [3.63, 3.8) is 0 Å². The molecule has 0 radical (unpaired) electrons. The van der Waals surface area contributed by atoms with E-state index in [1.807, 2.05) is 31.2 Å². The lowest BCUT2D eigenvalue weighted by Crippen LogP contribution is -2.08. The van der Waals surface area contributed by atoms with E-state index in [2.05, 4.69) is 15.3 Å². The fourth-order valence-electron chi connectivity index (χ4n) is 2.54. The van der Waals surface area contributed by atoms with Crippen LogP contribution in [0.5, 0.6) is 0 Å². The molecule has 1 fully saturated rings. The smallest absolute Gasteiger partial charge is 0.408 e. The largest absolute Gasteiger partial charge is 0.419 e. The normalized spacial score (nSPS) is 14.5. The highest BCUT2D eigenvalue weighted by molar-refractivity contribution is 5.78. The number of hydrogen-bond acceptors (Lipinski definition) is 5. The number of nitrogens with zero attached hydrogens (tertiary/aromatic N) is 3. The Morgan fingerprint density at radius 2 is 2.09 bits per heavy atom. The maximum atomic E-state index is 11.5. The van der Waals surface area contributed by atoms with Crippen molar-refractivity contribution in [1.29, 1.82) is 0 Å². The van der Waals surface area contributed by atoms with E-state index < -0.39 is 0 Å². The average Bonchev–Trinajstić information content (AvgIpc) is 3.27. The second-order valence-electron chi connectivity index (χ2n) is 5.76. The molecule has 2 aromatic heterocycles. The summed E-state index contributed by atoms with van der Waals surface area (Å²) in [6.45, 7) is 1.97. The highest BCUT2D eigenvalue weighted by Crippen LogP contribution is 2.38. The summed E-state index contributed by atoms with van der Waals surface area (Å²) in [5.41, 5.74) is 3.12. The Labute approximate surface area is 126 Å². The van der Waals surface area contributed by atoms with Crippen molar-refractivity contribution in [1.82, 2.24) is 14.5 Å². The molecule has 0 spiro atoms. The first-order chi connectivity index (χ1) is 10.6. The van der Waals surface area contributed by atoms with Gasteiger partial charge in [0, 0.05) is 36.5 Å². The topological polar surface area (TPSA) is 73.0 Å². The summed E-state index contributed by atoms with van der Waals surface area (Å²) < 4.78 is 6.69. The number of aromatic nitrogens is 3. The van der Waals surface area contributed by atoms with Crippen molar-refractivity contribution in [3.8, 4) is 0 Å². The highest BCUT2D eigenvalue weighted by atomic mass is 16.4. The molecule has 1 aromatic carbocycles. The van der Waals surface area contributed by atoms with E-state index in [1.54, 1.807) is 7.05 Å². The van der Waals surface area contributed by atoms with Gasteiger partial charge in [0.05, 0.1) is 5.52 Å². The third kappa shape index (κ3) is 2.26. The molecule has 0 unspecified atom stereocenters. The first-order valence-electron chi connectivity index (χ1n) is 7.32. The van der Waals surface area contributed by atoms with Crippen LogP contribution in [0.1, 0.15) is 30.3 Å². The molecular formula is C16H16N4O2. The second-order valence-corrected chi connectivity index (χ2v) is 5.76. The SMILES string of the molecule is Cc1cc(Nc2ccc3c(c2)oc(=O)n3C)nc(C2CC2)n1. The lowest BCUT2D eigenvalue weighted by atomic mass is 10.2. The van der Waals surface area contributed by atoms with E-state index in [0.29, 0.717) is 11.5 Å². The molecule has 0 aliphatic heterocycles. The van der Waals surface area contributed by atoms with Crippen molar-refractivity contribution >= 4 is 22.6 Å². The Bertz CT molecular complexity index is 922. The summed E-state index contributed by atoms with van der Waals surface area (Å²) in [6, 6.07) is 7.49. The van der Waals surface area contributed by atoms with Crippen LogP contribution in [0, 0.1) is 6.92 Å². The molecule has 1 aliphatic rings. The molecule has 112 valence electrons. The van der Waals surface area contributed by atoms with E-state index >= 15 is 0 Å². The van der Waals surface area contributed by atoms with Crippen molar-refractivity contribution in [3.05, 3.63) is 46.3 Å².